The van der Waals surface area contributed by atoms with Gasteiger partial charge in [0.25, 0.3) is 5.91 Å². The summed E-state index contributed by atoms with van der Waals surface area (Å²) in [6, 6.07) is 13.0. The summed E-state index contributed by atoms with van der Waals surface area (Å²) in [5, 5.41) is 2.87. The van der Waals surface area contributed by atoms with Gasteiger partial charge in [-0.2, -0.15) is 0 Å². The second-order valence-corrected chi connectivity index (χ2v) is 6.77. The van der Waals surface area contributed by atoms with E-state index in [0.29, 0.717) is 22.9 Å². The van der Waals surface area contributed by atoms with Gasteiger partial charge in [0.15, 0.2) is 6.61 Å². The predicted octanol–water partition coefficient (Wildman–Crippen LogP) is 3.54. The minimum absolute atomic E-state index is 0.00812. The van der Waals surface area contributed by atoms with E-state index < -0.39 is 0 Å². The molecule has 1 aliphatic rings. The van der Waals surface area contributed by atoms with Crippen molar-refractivity contribution in [3.63, 3.8) is 0 Å². The lowest BCUT2D eigenvalue weighted by Crippen LogP contribution is -2.40. The van der Waals surface area contributed by atoms with Crippen molar-refractivity contribution in [2.45, 2.75) is 33.3 Å². The van der Waals surface area contributed by atoms with Gasteiger partial charge in [0.05, 0.1) is 17.5 Å². The Bertz CT molecular complexity index is 848. The van der Waals surface area contributed by atoms with Crippen molar-refractivity contribution >= 4 is 23.2 Å². The van der Waals surface area contributed by atoms with Gasteiger partial charge in [-0.25, -0.2) is 0 Å². The molecule has 142 valence electrons. The number of fused-ring (bicyclic) bond motifs is 1. The van der Waals surface area contributed by atoms with Crippen LogP contribution in [0.5, 0.6) is 11.5 Å². The van der Waals surface area contributed by atoms with Crippen LogP contribution in [-0.4, -0.2) is 31.1 Å². The molecule has 0 aromatic heterocycles. The minimum atomic E-state index is -0.177. The smallest absolute Gasteiger partial charge is 0.265 e. The van der Waals surface area contributed by atoms with Crippen LogP contribution in [0.3, 0.4) is 0 Å². The second kappa shape index (κ2) is 8.12. The number of rotatable bonds is 6. The Morgan fingerprint density at radius 3 is 2.81 bits per heavy atom. The van der Waals surface area contributed by atoms with Crippen LogP contribution in [0.1, 0.15) is 25.8 Å². The zero-order valence-corrected chi connectivity index (χ0v) is 15.8. The molecule has 0 bridgehead atoms. The van der Waals surface area contributed by atoms with Gasteiger partial charge in [-0.3, -0.25) is 9.59 Å². The third-order valence-electron chi connectivity index (χ3n) is 4.14. The molecule has 1 aliphatic heterocycles. The number of hydrogen-bond acceptors (Lipinski definition) is 4. The maximum Gasteiger partial charge on any atom is 0.265 e. The molecule has 1 heterocycles. The first-order chi connectivity index (χ1) is 12.9. The van der Waals surface area contributed by atoms with Crippen LogP contribution < -0.4 is 19.7 Å². The summed E-state index contributed by atoms with van der Waals surface area (Å²) >= 11 is 0. The van der Waals surface area contributed by atoms with E-state index in [1.54, 1.807) is 11.0 Å². The highest BCUT2D eigenvalue weighted by atomic mass is 16.5. The molecule has 2 aromatic rings. The highest BCUT2D eigenvalue weighted by molar-refractivity contribution is 5.99. The summed E-state index contributed by atoms with van der Waals surface area (Å²) in [6.07, 6.45) is 0.184. The van der Waals surface area contributed by atoms with E-state index in [2.05, 4.69) is 5.32 Å². The fourth-order valence-electron chi connectivity index (χ4n) is 2.91. The molecule has 0 spiro atoms. The van der Waals surface area contributed by atoms with Crippen molar-refractivity contribution in [1.29, 1.82) is 0 Å². The summed E-state index contributed by atoms with van der Waals surface area (Å²) in [7, 11) is 0. The Labute approximate surface area is 159 Å². The number of hydrogen-bond donors (Lipinski definition) is 1. The molecule has 0 unspecified atom stereocenters. The van der Waals surface area contributed by atoms with Crippen molar-refractivity contribution in [2.24, 2.45) is 0 Å². The Hall–Kier alpha value is -3.02. The van der Waals surface area contributed by atoms with Gasteiger partial charge in [0, 0.05) is 13.0 Å². The zero-order valence-electron chi connectivity index (χ0n) is 15.8. The average molecular weight is 368 g/mol. The number of amides is 2. The van der Waals surface area contributed by atoms with Crippen molar-refractivity contribution in [3.05, 3.63) is 48.0 Å². The molecule has 6 heteroatoms. The van der Waals surface area contributed by atoms with Gasteiger partial charge in [-0.15, -0.1) is 0 Å². The first-order valence-corrected chi connectivity index (χ1v) is 9.03. The molecule has 1 N–H and O–H groups in total. The molecule has 0 saturated heterocycles. The van der Waals surface area contributed by atoms with Gasteiger partial charge in [0.1, 0.15) is 11.5 Å². The Morgan fingerprint density at radius 1 is 1.26 bits per heavy atom. The third-order valence-corrected chi connectivity index (χ3v) is 4.14. The number of aryl methyl sites for hydroxylation is 1. The SMILES string of the molecule is Cc1ccc2c(c1)N(CCC(=O)Nc1ccccc1OC(C)C)C(=O)CO2. The van der Waals surface area contributed by atoms with E-state index in [1.807, 2.05) is 57.2 Å². The van der Waals surface area contributed by atoms with Crippen LogP contribution in [0.25, 0.3) is 0 Å². The van der Waals surface area contributed by atoms with Crippen molar-refractivity contribution in [1.82, 2.24) is 0 Å². The summed E-state index contributed by atoms with van der Waals surface area (Å²) in [5.41, 5.74) is 2.37. The lowest BCUT2D eigenvalue weighted by Gasteiger charge is -2.29. The van der Waals surface area contributed by atoms with E-state index in [1.165, 1.54) is 0 Å². The summed E-state index contributed by atoms with van der Waals surface area (Å²) in [5.74, 6) is 0.966. The fourth-order valence-corrected chi connectivity index (χ4v) is 2.91. The lowest BCUT2D eigenvalue weighted by atomic mass is 10.1. The molecule has 0 saturated carbocycles. The highest BCUT2D eigenvalue weighted by Crippen LogP contribution is 2.33. The van der Waals surface area contributed by atoms with Crippen LogP contribution >= 0.6 is 0 Å². The van der Waals surface area contributed by atoms with E-state index in [4.69, 9.17) is 9.47 Å². The molecular weight excluding hydrogens is 344 g/mol. The van der Waals surface area contributed by atoms with Crippen LogP contribution in [0, 0.1) is 6.92 Å². The molecule has 0 fully saturated rings. The summed E-state index contributed by atoms with van der Waals surface area (Å²) in [6.45, 7) is 6.10. The maximum absolute atomic E-state index is 12.4. The van der Waals surface area contributed by atoms with Gasteiger partial charge in [-0.05, 0) is 50.6 Å². The largest absolute Gasteiger partial charge is 0.489 e. The highest BCUT2D eigenvalue weighted by Gasteiger charge is 2.26. The molecule has 0 atom stereocenters. The van der Waals surface area contributed by atoms with E-state index in [9.17, 15) is 9.59 Å². The normalized spacial score (nSPS) is 13.2. The van der Waals surface area contributed by atoms with Gasteiger partial charge >= 0.3 is 0 Å². The first kappa shape index (κ1) is 18.8. The summed E-state index contributed by atoms with van der Waals surface area (Å²) < 4.78 is 11.2. The molecule has 0 radical (unpaired) electrons. The topological polar surface area (TPSA) is 67.9 Å². The number of carbonyl (C=O) groups excluding carboxylic acids is 2. The molecule has 6 nitrogen and oxygen atoms in total. The third kappa shape index (κ3) is 4.58. The van der Waals surface area contributed by atoms with Crippen molar-refractivity contribution < 1.29 is 19.1 Å². The number of nitrogens with one attached hydrogen (secondary N) is 1. The van der Waals surface area contributed by atoms with Gasteiger partial charge < -0.3 is 19.7 Å². The number of ether oxygens (including phenoxy) is 2. The lowest BCUT2D eigenvalue weighted by molar-refractivity contribution is -0.121. The van der Waals surface area contributed by atoms with Crippen LogP contribution in [0.2, 0.25) is 0 Å². The van der Waals surface area contributed by atoms with E-state index in [0.717, 1.165) is 5.56 Å². The van der Waals surface area contributed by atoms with Gasteiger partial charge in [0.2, 0.25) is 5.91 Å². The Balaban J connectivity index is 1.67. The maximum atomic E-state index is 12.4. The Morgan fingerprint density at radius 2 is 2.04 bits per heavy atom. The van der Waals surface area contributed by atoms with Crippen molar-refractivity contribution in [3.8, 4) is 11.5 Å². The van der Waals surface area contributed by atoms with E-state index >= 15 is 0 Å². The van der Waals surface area contributed by atoms with Crippen LogP contribution in [-0.2, 0) is 9.59 Å². The molecule has 2 amide bonds. The molecule has 27 heavy (non-hydrogen) atoms. The second-order valence-electron chi connectivity index (χ2n) is 6.77. The number of anilines is 2. The average Bonchev–Trinajstić information content (AvgIpc) is 2.62. The fraction of sp³-hybridized carbons (Fsp3) is 0.333. The summed E-state index contributed by atoms with van der Waals surface area (Å²) in [4.78, 5) is 26.3. The predicted molar refractivity (Wildman–Crippen MR) is 104 cm³/mol. The molecule has 3 rings (SSSR count). The number of carbonyl (C=O) groups is 2. The molecule has 2 aromatic carbocycles. The number of para-hydroxylation sites is 2. The minimum Gasteiger partial charge on any atom is -0.489 e. The first-order valence-electron chi connectivity index (χ1n) is 9.03. The quantitative estimate of drug-likeness (QED) is 0.847. The number of nitrogens with zero attached hydrogens (tertiary/aromatic N) is 1. The van der Waals surface area contributed by atoms with Crippen LogP contribution in [0.15, 0.2) is 42.5 Å². The van der Waals surface area contributed by atoms with E-state index in [-0.39, 0.29) is 37.5 Å². The van der Waals surface area contributed by atoms with Crippen molar-refractivity contribution in [2.75, 3.05) is 23.4 Å². The molecule has 0 aliphatic carbocycles. The monoisotopic (exact) mass is 368 g/mol. The number of benzene rings is 2. The van der Waals surface area contributed by atoms with Gasteiger partial charge in [-0.1, -0.05) is 18.2 Å². The molecular formula is C21H24N2O4. The Kier molecular flexibility index (Phi) is 5.64. The standard InChI is InChI=1S/C21H24N2O4/c1-14(2)27-18-7-5-4-6-16(18)22-20(24)10-11-23-17-12-15(3)8-9-19(17)26-13-21(23)25/h4-9,12,14H,10-11,13H2,1-3H3,(H,22,24). The van der Waals surface area contributed by atoms with Crippen LogP contribution in [0.4, 0.5) is 11.4 Å². The zero-order chi connectivity index (χ0) is 19.4.